The molecule has 4 heterocycles. The molecular weight excluding hydrogens is 738 g/mol. The van der Waals surface area contributed by atoms with Gasteiger partial charge >= 0.3 is 17.6 Å². The average Bonchev–Trinajstić information content (AvgIpc) is 3.34. The van der Waals surface area contributed by atoms with E-state index in [0.29, 0.717) is 38.6 Å². The molecule has 56 heavy (non-hydrogen) atoms. The highest BCUT2D eigenvalue weighted by Crippen LogP contribution is 2.35. The summed E-state index contributed by atoms with van der Waals surface area (Å²) in [6.07, 6.45) is -2.85. The van der Waals surface area contributed by atoms with Gasteiger partial charge in [-0.15, -0.1) is 0 Å². The van der Waals surface area contributed by atoms with E-state index >= 15 is 0 Å². The van der Waals surface area contributed by atoms with Gasteiger partial charge in [-0.3, -0.25) is 38.3 Å². The summed E-state index contributed by atoms with van der Waals surface area (Å²) in [6.45, 7) is 4.47. The van der Waals surface area contributed by atoms with Crippen LogP contribution in [0.2, 0.25) is 0 Å². The third-order valence-electron chi connectivity index (χ3n) is 9.73. The van der Waals surface area contributed by atoms with E-state index in [1.54, 1.807) is 0 Å². The molecule has 0 radical (unpaired) electrons. The number of aliphatic hydroxyl groups is 1. The van der Waals surface area contributed by atoms with E-state index in [1.165, 1.54) is 7.11 Å². The number of H-pyrrole nitrogens is 1. The molecule has 6 N–H and O–H groups in total. The average molecular weight is 794 g/mol. The van der Waals surface area contributed by atoms with Gasteiger partial charge in [-0.1, -0.05) is 52.4 Å². The van der Waals surface area contributed by atoms with Crippen molar-refractivity contribution in [2.24, 2.45) is 5.73 Å². The first kappa shape index (κ1) is 44.1. The molecular formula is C37H55N5O14. The van der Waals surface area contributed by atoms with Crippen LogP contribution in [0.5, 0.6) is 0 Å². The summed E-state index contributed by atoms with van der Waals surface area (Å²) in [5.41, 5.74) is 4.19. The number of carbonyl (C=O) groups is 5. The summed E-state index contributed by atoms with van der Waals surface area (Å²) in [7, 11) is 1.20. The number of nitrogens with two attached hydrogens (primary N) is 1. The maximum atomic E-state index is 13.7. The van der Waals surface area contributed by atoms with Crippen molar-refractivity contribution in [2.45, 2.75) is 153 Å². The van der Waals surface area contributed by atoms with Gasteiger partial charge in [-0.2, -0.15) is 0 Å². The van der Waals surface area contributed by atoms with Crippen LogP contribution >= 0.6 is 0 Å². The molecule has 2 fully saturated rings. The number of ether oxygens (including phenoxy) is 6. The monoisotopic (exact) mass is 793 g/mol. The van der Waals surface area contributed by atoms with Crippen LogP contribution in [0.1, 0.15) is 104 Å². The molecule has 1 aromatic rings. The quantitative estimate of drug-likeness (QED) is 0.0888. The van der Waals surface area contributed by atoms with Crippen molar-refractivity contribution in [2.75, 3.05) is 13.7 Å². The highest BCUT2D eigenvalue weighted by atomic mass is 16.7. The number of nitrogens with zero attached hydrogens (tertiary/aromatic N) is 1. The summed E-state index contributed by atoms with van der Waals surface area (Å²) in [4.78, 5) is 92.5. The Morgan fingerprint density at radius 2 is 1.66 bits per heavy atom. The predicted octanol–water partition coefficient (Wildman–Crippen LogP) is 0.470. The Hall–Kier alpha value is -4.59. The number of aromatic nitrogens is 2. The van der Waals surface area contributed by atoms with Gasteiger partial charge in [0.05, 0.1) is 0 Å². The summed E-state index contributed by atoms with van der Waals surface area (Å²) >= 11 is 0. The van der Waals surface area contributed by atoms with Crippen LogP contribution in [0, 0.1) is 0 Å². The molecule has 9 unspecified atom stereocenters. The number of nitrogens with one attached hydrogen (secondary N) is 3. The van der Waals surface area contributed by atoms with Gasteiger partial charge in [0.1, 0.15) is 24.4 Å². The molecule has 4 rings (SSSR count). The number of primary amides is 1. The highest BCUT2D eigenvalue weighted by Gasteiger charge is 2.53. The zero-order chi connectivity index (χ0) is 40.8. The summed E-state index contributed by atoms with van der Waals surface area (Å²) < 4.78 is 36.0. The SMILES string of the molecule is CCCCCCC(=O)OC1C=C(C(=O)NC2CCCCNC2=O)OC(OC(C(N)=O)C2OC(n3ccc(=O)[nH]c3=O)C(O)C2OC)C1OC(=O)CCCCCC. The third kappa shape index (κ3) is 12.0. The Kier molecular flexibility index (Phi) is 17.1. The molecule has 312 valence electrons. The van der Waals surface area contributed by atoms with E-state index in [9.17, 15) is 38.7 Å². The van der Waals surface area contributed by atoms with Gasteiger partial charge in [0.15, 0.2) is 24.2 Å². The van der Waals surface area contributed by atoms with E-state index < -0.39 is 102 Å². The van der Waals surface area contributed by atoms with Gasteiger partial charge < -0.3 is 49.9 Å². The number of carbonyl (C=O) groups excluding carboxylic acids is 5. The zero-order valence-electron chi connectivity index (χ0n) is 32.1. The van der Waals surface area contributed by atoms with Crippen LogP contribution in [-0.2, 0) is 52.4 Å². The number of hydrogen-bond acceptors (Lipinski definition) is 14. The molecule has 19 heteroatoms. The fourth-order valence-electron chi connectivity index (χ4n) is 6.71. The minimum atomic E-state index is -1.88. The van der Waals surface area contributed by atoms with Crippen molar-refractivity contribution >= 4 is 29.7 Å². The molecule has 1 aromatic heterocycles. The largest absolute Gasteiger partial charge is 0.455 e. The van der Waals surface area contributed by atoms with E-state index in [-0.39, 0.29) is 12.8 Å². The Labute approximate surface area is 323 Å². The second-order valence-electron chi connectivity index (χ2n) is 14.0. The lowest BCUT2D eigenvalue weighted by molar-refractivity contribution is -0.250. The number of amides is 3. The minimum Gasteiger partial charge on any atom is -0.455 e. The van der Waals surface area contributed by atoms with Crippen molar-refractivity contribution in [1.82, 2.24) is 20.2 Å². The topological polar surface area (TPSA) is 266 Å². The first-order valence-electron chi connectivity index (χ1n) is 19.4. The number of aliphatic hydroxyl groups excluding tert-OH is 1. The number of hydrogen-bond donors (Lipinski definition) is 5. The molecule has 0 bridgehead atoms. The van der Waals surface area contributed by atoms with Crippen LogP contribution < -0.4 is 27.6 Å². The van der Waals surface area contributed by atoms with E-state index in [1.807, 2.05) is 13.8 Å². The number of methoxy groups -OCH3 is 1. The highest BCUT2D eigenvalue weighted by molar-refractivity contribution is 5.96. The summed E-state index contributed by atoms with van der Waals surface area (Å²) in [5, 5.41) is 16.5. The first-order valence-corrected chi connectivity index (χ1v) is 19.4. The first-order chi connectivity index (χ1) is 26.9. The molecule has 3 amide bonds. The van der Waals surface area contributed by atoms with Crippen LogP contribution in [0.25, 0.3) is 0 Å². The molecule has 0 spiro atoms. The van der Waals surface area contributed by atoms with Gasteiger partial charge in [-0.05, 0) is 32.1 Å². The second kappa shape index (κ2) is 21.6. The van der Waals surface area contributed by atoms with E-state index in [4.69, 9.17) is 34.2 Å². The molecule has 3 aliphatic heterocycles. The van der Waals surface area contributed by atoms with Gasteiger partial charge in [-0.25, -0.2) is 4.79 Å². The standard InChI is InChI=1S/C37H55N5O14/c1-4-6-8-10-15-25(44)52-22-20-23(34(49)40-21-14-12-13-18-39-33(21)48)53-36(28(22)54-26(45)16-11-9-7-5-2)56-31(32(38)47)30-29(51-3)27(46)35(55-30)42-19-17-24(43)41-37(42)50/h17,19-22,27-31,35-36,46H,4-16,18H2,1-3H3,(H2,38,47)(H,39,48)(H,40,49)(H,41,43,50). The Balaban J connectivity index is 1.70. The molecule has 3 aliphatic rings. The normalized spacial score (nSPS) is 26.9. The van der Waals surface area contributed by atoms with E-state index in [2.05, 4.69) is 15.6 Å². The Bertz CT molecular complexity index is 1660. The van der Waals surface area contributed by atoms with Crippen molar-refractivity contribution in [3.63, 3.8) is 0 Å². The third-order valence-corrected chi connectivity index (χ3v) is 9.73. The fourth-order valence-corrected chi connectivity index (χ4v) is 6.71. The lowest BCUT2D eigenvalue weighted by atomic mass is 10.0. The molecule has 0 aliphatic carbocycles. The van der Waals surface area contributed by atoms with Crippen molar-refractivity contribution in [1.29, 1.82) is 0 Å². The lowest BCUT2D eigenvalue weighted by Crippen LogP contribution is -2.56. The second-order valence-corrected chi connectivity index (χ2v) is 14.0. The van der Waals surface area contributed by atoms with Gasteiger partial charge in [0.25, 0.3) is 11.5 Å². The number of esters is 2. The Morgan fingerprint density at radius 1 is 0.982 bits per heavy atom. The lowest BCUT2D eigenvalue weighted by Gasteiger charge is -2.38. The van der Waals surface area contributed by atoms with Crippen LogP contribution in [0.4, 0.5) is 0 Å². The number of rotatable bonds is 20. The number of unbranched alkanes of at least 4 members (excludes halogenated alkanes) is 6. The summed E-state index contributed by atoms with van der Waals surface area (Å²) in [5.74, 6) is -4.31. The van der Waals surface area contributed by atoms with Crippen LogP contribution in [-0.4, -0.2) is 107 Å². The van der Waals surface area contributed by atoms with Crippen molar-refractivity contribution in [3.05, 3.63) is 44.9 Å². The van der Waals surface area contributed by atoms with E-state index in [0.717, 1.165) is 61.4 Å². The molecule has 0 aromatic carbocycles. The molecule has 0 saturated carbocycles. The van der Waals surface area contributed by atoms with Gasteiger partial charge in [0, 0.05) is 44.8 Å². The van der Waals surface area contributed by atoms with Crippen molar-refractivity contribution in [3.8, 4) is 0 Å². The minimum absolute atomic E-state index is 0.0108. The number of aromatic amines is 1. The maximum Gasteiger partial charge on any atom is 0.330 e. The molecule has 2 saturated heterocycles. The van der Waals surface area contributed by atoms with Crippen LogP contribution in [0.3, 0.4) is 0 Å². The predicted molar refractivity (Wildman–Crippen MR) is 195 cm³/mol. The Morgan fingerprint density at radius 3 is 2.29 bits per heavy atom. The molecule has 19 nitrogen and oxygen atoms in total. The summed E-state index contributed by atoms with van der Waals surface area (Å²) in [6, 6.07) is 0.101. The maximum absolute atomic E-state index is 13.7. The fraction of sp³-hybridized carbons (Fsp3) is 0.703. The smallest absolute Gasteiger partial charge is 0.330 e. The molecule has 9 atom stereocenters. The zero-order valence-corrected chi connectivity index (χ0v) is 32.1. The van der Waals surface area contributed by atoms with Crippen LogP contribution in [0.15, 0.2) is 33.7 Å². The van der Waals surface area contributed by atoms with Gasteiger partial charge in [0.2, 0.25) is 24.2 Å². The van der Waals surface area contributed by atoms with Crippen molar-refractivity contribution < 1.29 is 57.5 Å².